The normalized spacial score (nSPS) is 10.9. The van der Waals surface area contributed by atoms with E-state index in [9.17, 15) is 0 Å². The Hall–Kier alpha value is -3.21. The van der Waals surface area contributed by atoms with Crippen LogP contribution in [0.2, 0.25) is 0 Å². The lowest BCUT2D eigenvalue weighted by molar-refractivity contribution is 0.415. The summed E-state index contributed by atoms with van der Waals surface area (Å²) in [6.07, 6.45) is 0. The first-order chi connectivity index (χ1) is 11.7. The van der Waals surface area contributed by atoms with Crippen molar-refractivity contribution in [3.8, 4) is 28.8 Å². The van der Waals surface area contributed by atoms with Gasteiger partial charge in [0.05, 0.1) is 12.6 Å². The van der Waals surface area contributed by atoms with Crippen molar-refractivity contribution in [2.24, 2.45) is 0 Å². The standard InChI is InChI=1S/C19H15N3O2/c1-12-3-9-16-14(11-12)6-10-17(20-16)19-22-21-18(24-19)13-4-7-15(23-2)8-5-13/h3-11H,1-2H3. The third-order valence-corrected chi connectivity index (χ3v) is 3.83. The lowest BCUT2D eigenvalue weighted by Crippen LogP contribution is -1.86. The van der Waals surface area contributed by atoms with Crippen LogP contribution in [0, 0.1) is 6.92 Å². The first-order valence-electron chi connectivity index (χ1n) is 7.59. The Balaban J connectivity index is 1.70. The molecule has 0 atom stereocenters. The molecular weight excluding hydrogens is 302 g/mol. The maximum absolute atomic E-state index is 5.78. The molecule has 4 aromatic rings. The number of fused-ring (bicyclic) bond motifs is 1. The molecule has 118 valence electrons. The predicted molar refractivity (Wildman–Crippen MR) is 91.8 cm³/mol. The molecule has 0 radical (unpaired) electrons. The number of nitrogens with zero attached hydrogens (tertiary/aromatic N) is 3. The first-order valence-corrected chi connectivity index (χ1v) is 7.59. The van der Waals surface area contributed by atoms with E-state index in [-0.39, 0.29) is 0 Å². The molecule has 24 heavy (non-hydrogen) atoms. The van der Waals surface area contributed by atoms with E-state index in [0.717, 1.165) is 22.2 Å². The molecule has 2 aromatic heterocycles. The van der Waals surface area contributed by atoms with Crippen LogP contribution in [-0.2, 0) is 0 Å². The van der Waals surface area contributed by atoms with Gasteiger partial charge in [-0.1, -0.05) is 17.7 Å². The van der Waals surface area contributed by atoms with Crippen molar-refractivity contribution >= 4 is 10.9 Å². The van der Waals surface area contributed by atoms with Crippen molar-refractivity contribution in [1.82, 2.24) is 15.2 Å². The highest BCUT2D eigenvalue weighted by Crippen LogP contribution is 2.26. The molecular formula is C19H15N3O2. The summed E-state index contributed by atoms with van der Waals surface area (Å²) in [7, 11) is 1.63. The maximum Gasteiger partial charge on any atom is 0.266 e. The van der Waals surface area contributed by atoms with E-state index in [4.69, 9.17) is 9.15 Å². The second kappa shape index (κ2) is 5.77. The van der Waals surface area contributed by atoms with Crippen LogP contribution in [-0.4, -0.2) is 22.3 Å². The summed E-state index contributed by atoms with van der Waals surface area (Å²) in [4.78, 5) is 4.60. The molecule has 2 aromatic carbocycles. The van der Waals surface area contributed by atoms with E-state index in [1.54, 1.807) is 7.11 Å². The second-order valence-electron chi connectivity index (χ2n) is 5.53. The van der Waals surface area contributed by atoms with Crippen LogP contribution in [0.15, 0.2) is 59.0 Å². The molecule has 2 heterocycles. The van der Waals surface area contributed by atoms with Gasteiger partial charge in [0, 0.05) is 10.9 Å². The zero-order valence-corrected chi connectivity index (χ0v) is 13.4. The minimum atomic E-state index is 0.406. The molecule has 0 fully saturated rings. The van der Waals surface area contributed by atoms with Crippen molar-refractivity contribution < 1.29 is 9.15 Å². The van der Waals surface area contributed by atoms with E-state index in [1.807, 2.05) is 48.5 Å². The fourth-order valence-electron chi connectivity index (χ4n) is 2.54. The number of methoxy groups -OCH3 is 1. The van der Waals surface area contributed by atoms with Gasteiger partial charge in [-0.25, -0.2) is 4.98 Å². The zero-order valence-electron chi connectivity index (χ0n) is 13.4. The Kier molecular flexibility index (Phi) is 3.46. The topological polar surface area (TPSA) is 61.0 Å². The fourth-order valence-corrected chi connectivity index (χ4v) is 2.54. The number of aromatic nitrogens is 3. The Morgan fingerprint density at radius 3 is 2.46 bits per heavy atom. The summed E-state index contributed by atoms with van der Waals surface area (Å²) in [6.45, 7) is 2.06. The van der Waals surface area contributed by atoms with E-state index in [1.165, 1.54) is 5.56 Å². The number of aryl methyl sites for hydroxylation is 1. The first kappa shape index (κ1) is 14.4. The second-order valence-corrected chi connectivity index (χ2v) is 5.53. The number of ether oxygens (including phenoxy) is 1. The van der Waals surface area contributed by atoms with Crippen molar-refractivity contribution in [1.29, 1.82) is 0 Å². The number of benzene rings is 2. The third kappa shape index (κ3) is 2.60. The molecule has 0 N–H and O–H groups in total. The van der Waals surface area contributed by atoms with Crippen molar-refractivity contribution in [3.63, 3.8) is 0 Å². The Labute approximate surface area is 138 Å². The highest BCUT2D eigenvalue weighted by atomic mass is 16.5. The lowest BCUT2D eigenvalue weighted by atomic mass is 10.1. The monoisotopic (exact) mass is 317 g/mol. The average molecular weight is 317 g/mol. The quantitative estimate of drug-likeness (QED) is 0.565. The van der Waals surface area contributed by atoms with Crippen LogP contribution in [0.1, 0.15) is 5.56 Å². The summed E-state index contributed by atoms with van der Waals surface area (Å²) in [5.41, 5.74) is 3.61. The number of rotatable bonds is 3. The Morgan fingerprint density at radius 1 is 0.875 bits per heavy atom. The molecule has 0 spiro atoms. The van der Waals surface area contributed by atoms with Gasteiger partial charge in [-0.2, -0.15) is 0 Å². The molecule has 0 aliphatic heterocycles. The molecule has 0 saturated carbocycles. The van der Waals surface area contributed by atoms with Crippen LogP contribution in [0.25, 0.3) is 33.9 Å². The molecule has 0 bridgehead atoms. The summed E-state index contributed by atoms with van der Waals surface area (Å²) in [6, 6.07) is 17.5. The van der Waals surface area contributed by atoms with Crippen molar-refractivity contribution in [2.75, 3.05) is 7.11 Å². The van der Waals surface area contributed by atoms with Gasteiger partial charge in [-0.05, 0) is 49.4 Å². The smallest absolute Gasteiger partial charge is 0.266 e. The van der Waals surface area contributed by atoms with E-state index in [0.29, 0.717) is 17.5 Å². The van der Waals surface area contributed by atoms with Crippen LogP contribution in [0.4, 0.5) is 0 Å². The van der Waals surface area contributed by atoms with Crippen LogP contribution in [0.3, 0.4) is 0 Å². The van der Waals surface area contributed by atoms with Crippen LogP contribution < -0.4 is 4.74 Å². The van der Waals surface area contributed by atoms with Gasteiger partial charge in [0.2, 0.25) is 5.89 Å². The molecule has 0 saturated heterocycles. The molecule has 5 heteroatoms. The molecule has 0 unspecified atom stereocenters. The predicted octanol–water partition coefficient (Wildman–Crippen LogP) is 4.27. The van der Waals surface area contributed by atoms with Gasteiger partial charge in [0.1, 0.15) is 11.4 Å². The Morgan fingerprint density at radius 2 is 1.67 bits per heavy atom. The lowest BCUT2D eigenvalue weighted by Gasteiger charge is -2.01. The third-order valence-electron chi connectivity index (χ3n) is 3.83. The maximum atomic E-state index is 5.78. The van der Waals surface area contributed by atoms with E-state index < -0.39 is 0 Å². The zero-order chi connectivity index (χ0) is 16.5. The minimum Gasteiger partial charge on any atom is -0.497 e. The van der Waals surface area contributed by atoms with E-state index in [2.05, 4.69) is 28.2 Å². The highest BCUT2D eigenvalue weighted by Gasteiger charge is 2.12. The van der Waals surface area contributed by atoms with Gasteiger partial charge >= 0.3 is 0 Å². The molecule has 0 aliphatic rings. The SMILES string of the molecule is COc1ccc(-c2nnc(-c3ccc4cc(C)ccc4n3)o2)cc1. The number of hydrogen-bond donors (Lipinski definition) is 0. The number of hydrogen-bond acceptors (Lipinski definition) is 5. The molecule has 0 amide bonds. The fraction of sp³-hybridized carbons (Fsp3) is 0.105. The van der Waals surface area contributed by atoms with Crippen LogP contribution in [0.5, 0.6) is 5.75 Å². The van der Waals surface area contributed by atoms with Gasteiger partial charge in [-0.15, -0.1) is 10.2 Å². The Bertz CT molecular complexity index is 1010. The molecule has 5 nitrogen and oxygen atoms in total. The van der Waals surface area contributed by atoms with Crippen molar-refractivity contribution in [2.45, 2.75) is 6.92 Å². The number of pyridine rings is 1. The van der Waals surface area contributed by atoms with Gasteiger partial charge in [0.25, 0.3) is 5.89 Å². The minimum absolute atomic E-state index is 0.406. The van der Waals surface area contributed by atoms with Crippen molar-refractivity contribution in [3.05, 3.63) is 60.2 Å². The largest absolute Gasteiger partial charge is 0.497 e. The molecule has 0 aliphatic carbocycles. The molecule has 4 rings (SSSR count). The van der Waals surface area contributed by atoms with Gasteiger partial charge in [0.15, 0.2) is 0 Å². The average Bonchev–Trinajstić information content (AvgIpc) is 3.11. The van der Waals surface area contributed by atoms with Gasteiger partial charge in [-0.3, -0.25) is 0 Å². The van der Waals surface area contributed by atoms with Gasteiger partial charge < -0.3 is 9.15 Å². The van der Waals surface area contributed by atoms with E-state index >= 15 is 0 Å². The summed E-state index contributed by atoms with van der Waals surface area (Å²) in [5, 5.41) is 9.33. The summed E-state index contributed by atoms with van der Waals surface area (Å²) < 4.78 is 10.9. The summed E-state index contributed by atoms with van der Waals surface area (Å²) in [5.74, 6) is 1.65. The summed E-state index contributed by atoms with van der Waals surface area (Å²) >= 11 is 0. The highest BCUT2D eigenvalue weighted by molar-refractivity contribution is 5.81. The van der Waals surface area contributed by atoms with Crippen LogP contribution >= 0.6 is 0 Å².